The summed E-state index contributed by atoms with van der Waals surface area (Å²) < 4.78 is 0. The van der Waals surface area contributed by atoms with Crippen LogP contribution in [-0.2, 0) is 15.0 Å². The predicted molar refractivity (Wildman–Crippen MR) is 119 cm³/mol. The van der Waals surface area contributed by atoms with Crippen LogP contribution in [-0.4, -0.2) is 11.6 Å². The molecule has 0 aromatic heterocycles. The molecule has 3 atom stereocenters. The van der Waals surface area contributed by atoms with Gasteiger partial charge in [-0.25, -0.2) is 0 Å². The summed E-state index contributed by atoms with van der Waals surface area (Å²) >= 11 is 0. The van der Waals surface area contributed by atoms with Crippen molar-refractivity contribution in [3.05, 3.63) is 126 Å². The molecule has 0 saturated carbocycles. The van der Waals surface area contributed by atoms with Gasteiger partial charge < -0.3 is 0 Å². The van der Waals surface area contributed by atoms with Crippen molar-refractivity contribution in [1.82, 2.24) is 0 Å². The molecule has 0 radical (unpaired) electrons. The average molecular weight is 390 g/mol. The molecule has 2 aliphatic carbocycles. The van der Waals surface area contributed by atoms with Gasteiger partial charge in [-0.1, -0.05) is 103 Å². The van der Waals surface area contributed by atoms with Gasteiger partial charge in [0, 0.05) is 11.5 Å². The molecule has 5 rings (SSSR count). The van der Waals surface area contributed by atoms with E-state index in [4.69, 9.17) is 0 Å². The van der Waals surface area contributed by atoms with Gasteiger partial charge in [-0.3, -0.25) is 9.59 Å². The number of carbonyl (C=O) groups excluding carboxylic acids is 2. The smallest absolute Gasteiger partial charge is 0.178 e. The molecule has 0 heterocycles. The van der Waals surface area contributed by atoms with E-state index in [-0.39, 0.29) is 17.5 Å². The Kier molecular flexibility index (Phi) is 4.55. The van der Waals surface area contributed by atoms with Gasteiger partial charge in [0.2, 0.25) is 0 Å². The van der Waals surface area contributed by atoms with Crippen molar-refractivity contribution in [1.29, 1.82) is 0 Å². The summed E-state index contributed by atoms with van der Waals surface area (Å²) in [6, 6.07) is 29.4. The Morgan fingerprint density at radius 3 is 2.00 bits per heavy atom. The molecule has 0 amide bonds. The molecule has 0 N–H and O–H groups in total. The lowest BCUT2D eigenvalue weighted by Gasteiger charge is -2.46. The lowest BCUT2D eigenvalue weighted by Crippen LogP contribution is -2.52. The summed E-state index contributed by atoms with van der Waals surface area (Å²) in [4.78, 5) is 27.8. The number of hydrogen-bond donors (Lipinski definition) is 0. The van der Waals surface area contributed by atoms with E-state index in [9.17, 15) is 9.59 Å². The number of rotatable bonds is 3. The van der Waals surface area contributed by atoms with Crippen molar-refractivity contribution >= 4 is 17.1 Å². The minimum atomic E-state index is -0.989. The van der Waals surface area contributed by atoms with E-state index >= 15 is 0 Å². The molecule has 2 heteroatoms. The van der Waals surface area contributed by atoms with Gasteiger partial charge in [0.1, 0.15) is 0 Å². The Balaban J connectivity index is 1.75. The third-order valence-electron chi connectivity index (χ3n) is 6.44. The molecule has 0 aliphatic heterocycles. The maximum Gasteiger partial charge on any atom is 0.178 e. The first kappa shape index (κ1) is 18.5. The Hall–Kier alpha value is -3.52. The summed E-state index contributed by atoms with van der Waals surface area (Å²) in [6.45, 7) is 0. The highest BCUT2D eigenvalue weighted by Gasteiger charge is 2.55. The number of carbonyl (C=O) groups is 2. The molecule has 2 nitrogen and oxygen atoms in total. The van der Waals surface area contributed by atoms with Crippen LogP contribution in [0.15, 0.2) is 109 Å². The minimum Gasteiger partial charge on any atom is -0.294 e. The summed E-state index contributed by atoms with van der Waals surface area (Å²) in [6.07, 6.45) is 6.40. The van der Waals surface area contributed by atoms with Gasteiger partial charge in [0.25, 0.3) is 0 Å². The molecule has 2 aliphatic rings. The summed E-state index contributed by atoms with van der Waals surface area (Å²) in [7, 11) is 0. The van der Waals surface area contributed by atoms with Crippen molar-refractivity contribution in [2.45, 2.75) is 17.8 Å². The van der Waals surface area contributed by atoms with Crippen LogP contribution in [0.2, 0.25) is 0 Å². The van der Waals surface area contributed by atoms with E-state index in [1.807, 2.05) is 84.9 Å². The molecule has 0 unspecified atom stereocenters. The van der Waals surface area contributed by atoms with Crippen molar-refractivity contribution < 1.29 is 9.59 Å². The van der Waals surface area contributed by atoms with E-state index in [1.54, 1.807) is 6.08 Å². The highest BCUT2D eigenvalue weighted by molar-refractivity contribution is 6.33. The van der Waals surface area contributed by atoms with Gasteiger partial charge in [-0.15, -0.1) is 0 Å². The van der Waals surface area contributed by atoms with Crippen LogP contribution >= 0.6 is 0 Å². The lowest BCUT2D eigenvalue weighted by atomic mass is 9.54. The summed E-state index contributed by atoms with van der Waals surface area (Å²) in [5.41, 5.74) is 2.28. The Bertz CT molecular complexity index is 1140. The van der Waals surface area contributed by atoms with Crippen molar-refractivity contribution in [2.75, 3.05) is 0 Å². The van der Waals surface area contributed by atoms with Crippen LogP contribution in [0.1, 0.15) is 29.0 Å². The first-order chi connectivity index (χ1) is 14.7. The maximum absolute atomic E-state index is 14.1. The predicted octanol–water partition coefficient (Wildman–Crippen LogP) is 5.52. The minimum absolute atomic E-state index is 0.00128. The lowest BCUT2D eigenvalue weighted by molar-refractivity contribution is -0.129. The van der Waals surface area contributed by atoms with Gasteiger partial charge >= 0.3 is 0 Å². The van der Waals surface area contributed by atoms with Crippen LogP contribution in [0.4, 0.5) is 0 Å². The zero-order chi connectivity index (χ0) is 20.6. The van der Waals surface area contributed by atoms with Crippen LogP contribution in [0.3, 0.4) is 0 Å². The third kappa shape index (κ3) is 2.80. The monoisotopic (exact) mass is 390 g/mol. The quantitative estimate of drug-likeness (QED) is 0.552. The van der Waals surface area contributed by atoms with E-state index in [1.165, 1.54) is 0 Å². The normalized spacial score (nSPS) is 25.5. The Morgan fingerprint density at radius 1 is 0.733 bits per heavy atom. The molecule has 0 bridgehead atoms. The molecular formula is C28H22O2. The standard InChI is InChI=1S/C28H22O2/c29-25-19-24(21-13-6-2-7-14-21)27(30)28(22-15-8-3-9-16-22)18-10-17-23(26(25)28)20-11-4-1-5-12-20/h1-16,18-19,23,26H,17H2/t23-,26-,28-/m0/s1. The first-order valence-corrected chi connectivity index (χ1v) is 10.4. The second-order valence-corrected chi connectivity index (χ2v) is 8.02. The topological polar surface area (TPSA) is 34.1 Å². The SMILES string of the molecule is O=C1C=C(c2ccccc2)C(=O)[C@]2(c3ccccc3)C=CC[C@@H](c3ccccc3)[C@@H]12. The van der Waals surface area contributed by atoms with Gasteiger partial charge in [0.05, 0.1) is 5.41 Å². The van der Waals surface area contributed by atoms with Crippen molar-refractivity contribution in [3.8, 4) is 0 Å². The van der Waals surface area contributed by atoms with Gasteiger partial charge in [0.15, 0.2) is 11.6 Å². The highest BCUT2D eigenvalue weighted by Crippen LogP contribution is 2.52. The van der Waals surface area contributed by atoms with Crippen molar-refractivity contribution in [3.63, 3.8) is 0 Å². The zero-order valence-corrected chi connectivity index (χ0v) is 16.6. The zero-order valence-electron chi connectivity index (χ0n) is 16.6. The third-order valence-corrected chi connectivity index (χ3v) is 6.44. The van der Waals surface area contributed by atoms with E-state index < -0.39 is 11.3 Å². The maximum atomic E-state index is 14.1. The fourth-order valence-corrected chi connectivity index (χ4v) is 5.10. The number of fused-ring (bicyclic) bond motifs is 1. The number of Topliss-reactive ketones (excluding diaryl/α,β-unsaturated/α-hetero) is 1. The molecule has 0 saturated heterocycles. The van der Waals surface area contributed by atoms with Crippen LogP contribution in [0.5, 0.6) is 0 Å². The average Bonchev–Trinajstić information content (AvgIpc) is 2.82. The van der Waals surface area contributed by atoms with Crippen LogP contribution < -0.4 is 0 Å². The summed E-state index contributed by atoms with van der Waals surface area (Å²) in [5.74, 6) is -0.467. The number of hydrogen-bond acceptors (Lipinski definition) is 2. The van der Waals surface area contributed by atoms with E-state index in [0.29, 0.717) is 5.57 Å². The van der Waals surface area contributed by atoms with E-state index in [0.717, 1.165) is 23.1 Å². The molecule has 3 aromatic carbocycles. The molecule has 3 aromatic rings. The second kappa shape index (κ2) is 7.38. The van der Waals surface area contributed by atoms with Crippen LogP contribution in [0.25, 0.3) is 5.57 Å². The fraction of sp³-hybridized carbons (Fsp3) is 0.143. The van der Waals surface area contributed by atoms with E-state index in [2.05, 4.69) is 18.2 Å². The number of ketones is 2. The largest absolute Gasteiger partial charge is 0.294 e. The first-order valence-electron chi connectivity index (χ1n) is 10.4. The Labute approximate surface area is 176 Å². The number of benzene rings is 3. The molecule has 0 spiro atoms. The highest BCUT2D eigenvalue weighted by atomic mass is 16.1. The molecule has 30 heavy (non-hydrogen) atoms. The van der Waals surface area contributed by atoms with Crippen LogP contribution in [0, 0.1) is 5.92 Å². The van der Waals surface area contributed by atoms with Gasteiger partial charge in [-0.2, -0.15) is 0 Å². The summed E-state index contributed by atoms with van der Waals surface area (Å²) in [5, 5.41) is 0. The molecule has 0 fully saturated rings. The fourth-order valence-electron chi connectivity index (χ4n) is 5.10. The van der Waals surface area contributed by atoms with Gasteiger partial charge in [-0.05, 0) is 35.1 Å². The second-order valence-electron chi connectivity index (χ2n) is 8.02. The van der Waals surface area contributed by atoms with Crippen molar-refractivity contribution in [2.24, 2.45) is 5.92 Å². The molecular weight excluding hydrogens is 368 g/mol. The Morgan fingerprint density at radius 2 is 1.33 bits per heavy atom. The number of allylic oxidation sites excluding steroid dienone is 4. The molecule has 146 valence electrons.